The Kier molecular flexibility index (Phi) is 5.57. The van der Waals surface area contributed by atoms with Crippen LogP contribution in [0.4, 0.5) is 0 Å². The number of rotatable bonds is 4. The highest BCUT2D eigenvalue weighted by Gasteiger charge is 2.37. The maximum atomic E-state index is 12.7. The molecule has 4 nitrogen and oxygen atoms in total. The minimum absolute atomic E-state index is 0.0476. The van der Waals surface area contributed by atoms with Crippen LogP contribution in [0.15, 0.2) is 30.3 Å². The molecule has 132 valence electrons. The molecule has 24 heavy (non-hydrogen) atoms. The van der Waals surface area contributed by atoms with Crippen LogP contribution < -0.4 is 10.6 Å². The molecule has 2 N–H and O–H groups in total. The van der Waals surface area contributed by atoms with Gasteiger partial charge in [0.1, 0.15) is 0 Å². The summed E-state index contributed by atoms with van der Waals surface area (Å²) in [5.74, 6) is 0.196. The first-order chi connectivity index (χ1) is 11.5. The predicted octanol–water partition coefficient (Wildman–Crippen LogP) is 2.55. The summed E-state index contributed by atoms with van der Waals surface area (Å²) in [4.78, 5) is 15.2. The second-order valence-electron chi connectivity index (χ2n) is 8.02. The van der Waals surface area contributed by atoms with E-state index in [9.17, 15) is 4.79 Å². The lowest BCUT2D eigenvalue weighted by Gasteiger charge is -2.40. The lowest BCUT2D eigenvalue weighted by molar-refractivity contribution is -0.127. The molecule has 0 aliphatic carbocycles. The highest BCUT2D eigenvalue weighted by atomic mass is 16.2. The van der Waals surface area contributed by atoms with Gasteiger partial charge in [-0.25, -0.2) is 0 Å². The fourth-order valence-electron chi connectivity index (χ4n) is 4.02. The molecule has 2 aliphatic heterocycles. The molecule has 0 radical (unpaired) electrons. The minimum Gasteiger partial charge on any atom is -0.352 e. The van der Waals surface area contributed by atoms with E-state index in [1.165, 1.54) is 5.56 Å². The van der Waals surface area contributed by atoms with Gasteiger partial charge in [-0.2, -0.15) is 0 Å². The lowest BCUT2D eigenvalue weighted by Crippen LogP contribution is -2.58. The Morgan fingerprint density at radius 1 is 1.25 bits per heavy atom. The minimum atomic E-state index is -0.0476. The Hall–Kier alpha value is -1.39. The third kappa shape index (κ3) is 4.37. The van der Waals surface area contributed by atoms with E-state index >= 15 is 0 Å². The van der Waals surface area contributed by atoms with Crippen molar-refractivity contribution in [1.29, 1.82) is 0 Å². The first-order valence-corrected chi connectivity index (χ1v) is 9.35. The van der Waals surface area contributed by atoms with Crippen LogP contribution in [0.1, 0.15) is 45.1 Å². The maximum absolute atomic E-state index is 12.7. The Bertz CT molecular complexity index is 535. The molecule has 2 fully saturated rings. The van der Waals surface area contributed by atoms with Crippen LogP contribution >= 0.6 is 0 Å². The van der Waals surface area contributed by atoms with Gasteiger partial charge in [-0.05, 0) is 43.2 Å². The first-order valence-electron chi connectivity index (χ1n) is 9.35. The van der Waals surface area contributed by atoms with Crippen LogP contribution in [0.5, 0.6) is 0 Å². The Morgan fingerprint density at radius 3 is 2.62 bits per heavy atom. The number of piperidine rings is 2. The van der Waals surface area contributed by atoms with Gasteiger partial charge in [0.15, 0.2) is 0 Å². The normalized spacial score (nSPS) is 25.3. The van der Waals surface area contributed by atoms with Crippen molar-refractivity contribution in [1.82, 2.24) is 15.5 Å². The van der Waals surface area contributed by atoms with Gasteiger partial charge in [-0.1, -0.05) is 44.2 Å². The van der Waals surface area contributed by atoms with Gasteiger partial charge in [0.2, 0.25) is 5.91 Å². The number of benzene rings is 1. The summed E-state index contributed by atoms with van der Waals surface area (Å²) in [5.41, 5.74) is 1.42. The number of nitrogens with zero attached hydrogens (tertiary/aromatic N) is 1. The Morgan fingerprint density at radius 2 is 1.96 bits per heavy atom. The molecule has 1 atom stereocenters. The number of likely N-dealkylation sites (tertiary alicyclic amines) is 1. The summed E-state index contributed by atoms with van der Waals surface area (Å²) in [7, 11) is 0. The van der Waals surface area contributed by atoms with Crippen molar-refractivity contribution < 1.29 is 4.79 Å². The fraction of sp³-hybridized carbons (Fsp3) is 0.650. The van der Waals surface area contributed by atoms with E-state index < -0.39 is 0 Å². The van der Waals surface area contributed by atoms with Crippen molar-refractivity contribution in [3.63, 3.8) is 0 Å². The summed E-state index contributed by atoms with van der Waals surface area (Å²) in [6, 6.07) is 10.9. The number of carbonyl (C=O) groups is 1. The molecule has 4 heteroatoms. The molecule has 0 bridgehead atoms. The number of carbonyl (C=O) groups excluding carboxylic acids is 1. The van der Waals surface area contributed by atoms with Crippen molar-refractivity contribution in [2.45, 2.75) is 58.2 Å². The van der Waals surface area contributed by atoms with Crippen molar-refractivity contribution in [3.8, 4) is 0 Å². The van der Waals surface area contributed by atoms with Crippen LogP contribution in [-0.4, -0.2) is 42.5 Å². The fourth-order valence-corrected chi connectivity index (χ4v) is 4.02. The van der Waals surface area contributed by atoms with Gasteiger partial charge in [0, 0.05) is 25.7 Å². The van der Waals surface area contributed by atoms with Gasteiger partial charge >= 0.3 is 0 Å². The van der Waals surface area contributed by atoms with E-state index in [1.54, 1.807) is 0 Å². The first kappa shape index (κ1) is 17.4. The molecule has 1 aromatic carbocycles. The highest BCUT2D eigenvalue weighted by Crippen LogP contribution is 2.30. The second-order valence-corrected chi connectivity index (χ2v) is 8.02. The van der Waals surface area contributed by atoms with Crippen molar-refractivity contribution in [2.24, 2.45) is 5.41 Å². The summed E-state index contributed by atoms with van der Waals surface area (Å²) < 4.78 is 0. The Balaban J connectivity index is 1.46. The molecule has 0 saturated carbocycles. The zero-order valence-corrected chi connectivity index (χ0v) is 15.1. The smallest absolute Gasteiger partial charge is 0.237 e. The maximum Gasteiger partial charge on any atom is 0.237 e. The van der Waals surface area contributed by atoms with E-state index in [-0.39, 0.29) is 17.4 Å². The van der Waals surface area contributed by atoms with Crippen molar-refractivity contribution in [2.75, 3.05) is 19.6 Å². The molecule has 1 unspecified atom stereocenters. The highest BCUT2D eigenvalue weighted by molar-refractivity contribution is 5.83. The molecule has 2 saturated heterocycles. The number of hydrogen-bond donors (Lipinski definition) is 2. The standard InChI is InChI=1S/C20H31N3O/c1-20(2)11-6-12-21-18(20)19(24)22-17-9-13-23(14-10-17)15-16-7-4-3-5-8-16/h3-5,7-8,17-18,21H,6,9-15H2,1-2H3,(H,22,24). The summed E-state index contributed by atoms with van der Waals surface area (Å²) in [6.07, 6.45) is 4.37. The quantitative estimate of drug-likeness (QED) is 0.892. The molecule has 3 rings (SSSR count). The molecular formula is C20H31N3O. The third-order valence-corrected chi connectivity index (χ3v) is 5.57. The van der Waals surface area contributed by atoms with Gasteiger partial charge in [0.05, 0.1) is 6.04 Å². The van der Waals surface area contributed by atoms with Crippen LogP contribution in [0, 0.1) is 5.41 Å². The van der Waals surface area contributed by atoms with Gasteiger partial charge < -0.3 is 10.6 Å². The van der Waals surface area contributed by atoms with Crippen LogP contribution in [-0.2, 0) is 11.3 Å². The molecule has 2 heterocycles. The van der Waals surface area contributed by atoms with E-state index in [0.29, 0.717) is 6.04 Å². The largest absolute Gasteiger partial charge is 0.352 e. The van der Waals surface area contributed by atoms with E-state index in [1.807, 2.05) is 0 Å². The number of amides is 1. The predicted molar refractivity (Wildman–Crippen MR) is 97.7 cm³/mol. The number of hydrogen-bond acceptors (Lipinski definition) is 3. The zero-order valence-electron chi connectivity index (χ0n) is 15.1. The Labute approximate surface area is 146 Å². The molecular weight excluding hydrogens is 298 g/mol. The zero-order chi connectivity index (χ0) is 17.0. The van der Waals surface area contributed by atoms with Crippen molar-refractivity contribution in [3.05, 3.63) is 35.9 Å². The van der Waals surface area contributed by atoms with Crippen molar-refractivity contribution >= 4 is 5.91 Å². The topological polar surface area (TPSA) is 44.4 Å². The van der Waals surface area contributed by atoms with Crippen LogP contribution in [0.25, 0.3) is 0 Å². The average molecular weight is 329 g/mol. The summed E-state index contributed by atoms with van der Waals surface area (Å²) >= 11 is 0. The van der Waals surface area contributed by atoms with Gasteiger partial charge in [-0.3, -0.25) is 9.69 Å². The molecule has 0 aromatic heterocycles. The van der Waals surface area contributed by atoms with Gasteiger partial charge in [0.25, 0.3) is 0 Å². The van der Waals surface area contributed by atoms with E-state index in [2.05, 4.69) is 59.7 Å². The third-order valence-electron chi connectivity index (χ3n) is 5.57. The number of nitrogens with one attached hydrogen (secondary N) is 2. The summed E-state index contributed by atoms with van der Waals surface area (Å²) in [6.45, 7) is 8.48. The monoisotopic (exact) mass is 329 g/mol. The molecule has 1 aromatic rings. The second kappa shape index (κ2) is 7.66. The van der Waals surface area contributed by atoms with E-state index in [0.717, 1.165) is 51.9 Å². The SMILES string of the molecule is CC1(C)CCCNC1C(=O)NC1CCN(Cc2ccccc2)CC1. The molecule has 0 spiro atoms. The molecule has 1 amide bonds. The van der Waals surface area contributed by atoms with Crippen LogP contribution in [0.2, 0.25) is 0 Å². The summed E-state index contributed by atoms with van der Waals surface area (Å²) in [5, 5.41) is 6.72. The van der Waals surface area contributed by atoms with Crippen LogP contribution in [0.3, 0.4) is 0 Å². The molecule has 2 aliphatic rings. The lowest BCUT2D eigenvalue weighted by atomic mass is 9.77. The average Bonchev–Trinajstić information content (AvgIpc) is 2.57. The van der Waals surface area contributed by atoms with E-state index in [4.69, 9.17) is 0 Å². The van der Waals surface area contributed by atoms with Gasteiger partial charge in [-0.15, -0.1) is 0 Å².